The largest absolute Gasteiger partial charge is 0.491 e. The first-order valence-corrected chi connectivity index (χ1v) is 8.28. The number of halogens is 2. The van der Waals surface area contributed by atoms with Crippen LogP contribution in [-0.4, -0.2) is 44.4 Å². The predicted molar refractivity (Wildman–Crippen MR) is 87.6 cm³/mol. The van der Waals surface area contributed by atoms with Crippen molar-refractivity contribution in [2.75, 3.05) is 39.5 Å². The fourth-order valence-electron chi connectivity index (χ4n) is 2.37. The molecule has 1 aromatic rings. The Balaban J connectivity index is 1.53. The number of benzene rings is 1. The van der Waals surface area contributed by atoms with E-state index in [1.165, 1.54) is 25.9 Å². The van der Waals surface area contributed by atoms with Crippen molar-refractivity contribution >= 4 is 23.2 Å². The quantitative estimate of drug-likeness (QED) is 0.701. The Bertz CT molecular complexity index is 434. The van der Waals surface area contributed by atoms with Crippen molar-refractivity contribution < 1.29 is 9.47 Å². The predicted octanol–water partition coefficient (Wildman–Crippen LogP) is 4.12. The Morgan fingerprint density at radius 2 is 1.86 bits per heavy atom. The third-order valence-electron chi connectivity index (χ3n) is 3.82. The normalized spacial score (nSPS) is 17.1. The van der Waals surface area contributed by atoms with Crippen molar-refractivity contribution in [1.82, 2.24) is 4.90 Å². The van der Waals surface area contributed by atoms with E-state index in [1.807, 2.05) is 6.07 Å². The van der Waals surface area contributed by atoms with Crippen LogP contribution in [0.3, 0.4) is 0 Å². The summed E-state index contributed by atoms with van der Waals surface area (Å²) in [6.45, 7) is 7.61. The molecule has 0 aliphatic carbocycles. The molecule has 0 aromatic heterocycles. The van der Waals surface area contributed by atoms with Crippen LogP contribution in [0.4, 0.5) is 0 Å². The van der Waals surface area contributed by atoms with Gasteiger partial charge in [-0.1, -0.05) is 30.1 Å². The first kappa shape index (κ1) is 16.9. The third-order valence-corrected chi connectivity index (χ3v) is 4.55. The topological polar surface area (TPSA) is 21.7 Å². The second kappa shape index (κ2) is 8.84. The monoisotopic (exact) mass is 331 g/mol. The van der Waals surface area contributed by atoms with Gasteiger partial charge in [-0.15, -0.1) is 0 Å². The second-order valence-corrected chi connectivity index (χ2v) is 6.38. The lowest BCUT2D eigenvalue weighted by atomic mass is 9.99. The zero-order valence-electron chi connectivity index (χ0n) is 12.5. The molecule has 0 amide bonds. The van der Waals surface area contributed by atoms with Gasteiger partial charge in [0.25, 0.3) is 0 Å². The van der Waals surface area contributed by atoms with Crippen molar-refractivity contribution in [3.05, 3.63) is 28.2 Å². The van der Waals surface area contributed by atoms with E-state index in [0.29, 0.717) is 23.3 Å². The number of rotatable bonds is 7. The van der Waals surface area contributed by atoms with Crippen molar-refractivity contribution in [1.29, 1.82) is 0 Å². The number of hydrogen-bond acceptors (Lipinski definition) is 3. The van der Waals surface area contributed by atoms with Gasteiger partial charge in [-0.3, -0.25) is 0 Å². The highest BCUT2D eigenvalue weighted by atomic mass is 35.5. The molecule has 3 nitrogen and oxygen atoms in total. The molecule has 0 spiro atoms. The van der Waals surface area contributed by atoms with E-state index in [0.717, 1.165) is 24.8 Å². The molecule has 1 aliphatic rings. The minimum atomic E-state index is 0.509. The van der Waals surface area contributed by atoms with Gasteiger partial charge in [-0.2, -0.15) is 0 Å². The number of hydrogen-bond donors (Lipinski definition) is 0. The van der Waals surface area contributed by atoms with E-state index < -0.39 is 0 Å². The minimum Gasteiger partial charge on any atom is -0.491 e. The summed E-state index contributed by atoms with van der Waals surface area (Å²) in [4.78, 5) is 2.47. The van der Waals surface area contributed by atoms with Gasteiger partial charge in [0.15, 0.2) is 0 Å². The van der Waals surface area contributed by atoms with Crippen molar-refractivity contribution in [2.24, 2.45) is 5.92 Å². The number of likely N-dealkylation sites (tertiary alicyclic amines) is 1. The van der Waals surface area contributed by atoms with Gasteiger partial charge in [0, 0.05) is 12.6 Å². The number of nitrogens with zero attached hydrogens (tertiary/aromatic N) is 1. The molecule has 118 valence electrons. The Kier molecular flexibility index (Phi) is 7.11. The Morgan fingerprint density at radius 1 is 1.10 bits per heavy atom. The first-order chi connectivity index (χ1) is 10.1. The molecule has 0 atom stereocenters. The molecular weight excluding hydrogens is 309 g/mol. The molecule has 0 N–H and O–H groups in total. The fourth-order valence-corrected chi connectivity index (χ4v) is 2.65. The summed E-state index contributed by atoms with van der Waals surface area (Å²) in [5.41, 5.74) is 0. The highest BCUT2D eigenvalue weighted by molar-refractivity contribution is 6.42. The molecule has 1 heterocycles. The summed E-state index contributed by atoms with van der Waals surface area (Å²) in [7, 11) is 0. The second-order valence-electron chi connectivity index (χ2n) is 5.56. The molecule has 1 fully saturated rings. The summed E-state index contributed by atoms with van der Waals surface area (Å²) in [6, 6.07) is 5.26. The maximum Gasteiger partial charge on any atom is 0.121 e. The molecular formula is C16H23Cl2NO2. The average molecular weight is 332 g/mol. The smallest absolute Gasteiger partial charge is 0.121 e. The van der Waals surface area contributed by atoms with Crippen molar-refractivity contribution in [3.8, 4) is 5.75 Å². The van der Waals surface area contributed by atoms with Crippen LogP contribution in [0.1, 0.15) is 19.8 Å². The molecule has 0 saturated carbocycles. The highest BCUT2D eigenvalue weighted by Gasteiger charge is 2.14. The van der Waals surface area contributed by atoms with Crippen LogP contribution in [0.5, 0.6) is 5.75 Å². The summed E-state index contributed by atoms with van der Waals surface area (Å²) in [5.74, 6) is 1.60. The highest BCUT2D eigenvalue weighted by Crippen LogP contribution is 2.26. The van der Waals surface area contributed by atoms with Gasteiger partial charge < -0.3 is 14.4 Å². The molecule has 0 bridgehead atoms. The number of piperidine rings is 1. The van der Waals surface area contributed by atoms with Crippen LogP contribution in [0.15, 0.2) is 18.2 Å². The maximum atomic E-state index is 5.92. The van der Waals surface area contributed by atoms with E-state index in [4.69, 9.17) is 32.7 Å². The van der Waals surface area contributed by atoms with Crippen LogP contribution in [0, 0.1) is 5.92 Å². The van der Waals surface area contributed by atoms with Gasteiger partial charge >= 0.3 is 0 Å². The first-order valence-electron chi connectivity index (χ1n) is 7.53. The lowest BCUT2D eigenvalue weighted by Crippen LogP contribution is -2.35. The van der Waals surface area contributed by atoms with Crippen LogP contribution >= 0.6 is 23.2 Å². The molecule has 1 aliphatic heterocycles. The zero-order valence-corrected chi connectivity index (χ0v) is 14.0. The summed E-state index contributed by atoms with van der Waals surface area (Å²) in [5, 5.41) is 1.05. The Morgan fingerprint density at radius 3 is 2.57 bits per heavy atom. The SMILES string of the molecule is CC1CCN(CCOCCOc2ccc(Cl)c(Cl)c2)CC1. The van der Waals surface area contributed by atoms with Crippen LogP contribution in [0.25, 0.3) is 0 Å². The summed E-state index contributed by atoms with van der Waals surface area (Å²) in [6.07, 6.45) is 2.61. The lowest BCUT2D eigenvalue weighted by molar-refractivity contribution is 0.0709. The fraction of sp³-hybridized carbons (Fsp3) is 0.625. The summed E-state index contributed by atoms with van der Waals surface area (Å²) < 4.78 is 11.2. The molecule has 1 saturated heterocycles. The Hall–Kier alpha value is -0.480. The summed E-state index contributed by atoms with van der Waals surface area (Å²) >= 11 is 11.8. The van der Waals surface area contributed by atoms with E-state index >= 15 is 0 Å². The molecule has 21 heavy (non-hydrogen) atoms. The van der Waals surface area contributed by atoms with Gasteiger partial charge in [-0.05, 0) is 44.0 Å². The molecule has 5 heteroatoms. The van der Waals surface area contributed by atoms with Gasteiger partial charge in [0.05, 0.1) is 23.3 Å². The van der Waals surface area contributed by atoms with Crippen LogP contribution in [-0.2, 0) is 4.74 Å². The molecule has 2 rings (SSSR count). The van der Waals surface area contributed by atoms with E-state index in [9.17, 15) is 0 Å². The molecule has 0 radical (unpaired) electrons. The van der Waals surface area contributed by atoms with Gasteiger partial charge in [0.2, 0.25) is 0 Å². The van der Waals surface area contributed by atoms with Crippen molar-refractivity contribution in [2.45, 2.75) is 19.8 Å². The average Bonchev–Trinajstić information content (AvgIpc) is 2.48. The van der Waals surface area contributed by atoms with Gasteiger partial charge in [-0.25, -0.2) is 0 Å². The van der Waals surface area contributed by atoms with E-state index in [-0.39, 0.29) is 0 Å². The zero-order chi connectivity index (χ0) is 15.1. The molecule has 1 aromatic carbocycles. The maximum absolute atomic E-state index is 5.92. The standard InChI is InChI=1S/C16H23Cl2NO2/c1-13-4-6-19(7-5-13)8-9-20-10-11-21-14-2-3-15(17)16(18)12-14/h2-3,12-13H,4-11H2,1H3. The third kappa shape index (κ3) is 6.03. The minimum absolute atomic E-state index is 0.509. The van der Waals surface area contributed by atoms with Crippen molar-refractivity contribution in [3.63, 3.8) is 0 Å². The van der Waals surface area contributed by atoms with Crippen LogP contribution in [0.2, 0.25) is 10.0 Å². The van der Waals surface area contributed by atoms with E-state index in [2.05, 4.69) is 11.8 Å². The van der Waals surface area contributed by atoms with E-state index in [1.54, 1.807) is 12.1 Å². The van der Waals surface area contributed by atoms with Gasteiger partial charge in [0.1, 0.15) is 12.4 Å². The Labute approximate surface area is 137 Å². The van der Waals surface area contributed by atoms with Crippen LogP contribution < -0.4 is 4.74 Å². The number of ether oxygens (including phenoxy) is 2. The lowest BCUT2D eigenvalue weighted by Gasteiger charge is -2.29. The molecule has 0 unspecified atom stereocenters.